The molecule has 0 aromatic heterocycles. The zero-order valence-electron chi connectivity index (χ0n) is 19.1. The van der Waals surface area contributed by atoms with Gasteiger partial charge in [0.2, 0.25) is 0 Å². The summed E-state index contributed by atoms with van der Waals surface area (Å²) in [6, 6.07) is 15.5. The SMILES string of the molecule is CCOc1cc(C=NNC(=O)COc2ccc(C)c(C)c2)ccc1OC(=O)c1ccc(F)cc1. The molecule has 0 atom stereocenters. The van der Waals surface area contributed by atoms with Crippen molar-refractivity contribution in [1.29, 1.82) is 0 Å². The number of hydrogen-bond acceptors (Lipinski definition) is 6. The number of aryl methyl sites for hydroxylation is 2. The van der Waals surface area contributed by atoms with Crippen LogP contribution in [0.25, 0.3) is 0 Å². The largest absolute Gasteiger partial charge is 0.490 e. The van der Waals surface area contributed by atoms with Crippen LogP contribution in [0.1, 0.15) is 34.0 Å². The van der Waals surface area contributed by atoms with Crippen molar-refractivity contribution >= 4 is 18.1 Å². The van der Waals surface area contributed by atoms with Gasteiger partial charge >= 0.3 is 5.97 Å². The maximum atomic E-state index is 13.1. The molecule has 0 aliphatic heterocycles. The highest BCUT2D eigenvalue weighted by atomic mass is 19.1. The van der Waals surface area contributed by atoms with Crippen molar-refractivity contribution in [3.05, 3.63) is 88.7 Å². The minimum Gasteiger partial charge on any atom is -0.490 e. The van der Waals surface area contributed by atoms with Gasteiger partial charge in [0.15, 0.2) is 18.1 Å². The number of hydrazone groups is 1. The molecule has 0 spiro atoms. The average Bonchev–Trinajstić information content (AvgIpc) is 2.82. The normalized spacial score (nSPS) is 10.7. The van der Waals surface area contributed by atoms with Crippen molar-refractivity contribution in [2.75, 3.05) is 13.2 Å². The Labute approximate surface area is 197 Å². The molecule has 34 heavy (non-hydrogen) atoms. The molecule has 0 saturated carbocycles. The highest BCUT2D eigenvalue weighted by Gasteiger charge is 2.13. The lowest BCUT2D eigenvalue weighted by atomic mass is 10.1. The summed E-state index contributed by atoms with van der Waals surface area (Å²) in [5.74, 6) is -0.360. The molecule has 0 heterocycles. The van der Waals surface area contributed by atoms with E-state index in [1.165, 1.54) is 30.5 Å². The van der Waals surface area contributed by atoms with Crippen LogP contribution in [0, 0.1) is 19.7 Å². The lowest BCUT2D eigenvalue weighted by Gasteiger charge is -2.11. The fourth-order valence-corrected chi connectivity index (χ4v) is 2.87. The van der Waals surface area contributed by atoms with Gasteiger partial charge in [0.05, 0.1) is 18.4 Å². The van der Waals surface area contributed by atoms with Crippen LogP contribution in [0.4, 0.5) is 4.39 Å². The van der Waals surface area contributed by atoms with Crippen molar-refractivity contribution in [1.82, 2.24) is 5.43 Å². The molecule has 0 aliphatic rings. The Bertz CT molecular complexity index is 1190. The molecule has 1 N–H and O–H groups in total. The quantitative estimate of drug-likeness (QED) is 0.217. The van der Waals surface area contributed by atoms with E-state index in [0.717, 1.165) is 11.1 Å². The second kappa shape index (κ2) is 11.6. The summed E-state index contributed by atoms with van der Waals surface area (Å²) in [7, 11) is 0. The Morgan fingerprint density at radius 3 is 2.41 bits per heavy atom. The monoisotopic (exact) mass is 464 g/mol. The topological polar surface area (TPSA) is 86.2 Å². The first-order chi connectivity index (χ1) is 16.4. The van der Waals surface area contributed by atoms with Crippen LogP contribution in [-0.2, 0) is 4.79 Å². The van der Waals surface area contributed by atoms with Gasteiger partial charge in [-0.3, -0.25) is 4.79 Å². The molecule has 0 bridgehead atoms. The third-order valence-electron chi connectivity index (χ3n) is 4.80. The van der Waals surface area contributed by atoms with E-state index in [-0.39, 0.29) is 17.9 Å². The second-order valence-electron chi connectivity index (χ2n) is 7.36. The summed E-state index contributed by atoms with van der Waals surface area (Å²) in [6.45, 7) is 5.93. The van der Waals surface area contributed by atoms with Crippen molar-refractivity contribution in [2.45, 2.75) is 20.8 Å². The molecule has 1 amide bonds. The highest BCUT2D eigenvalue weighted by Crippen LogP contribution is 2.29. The number of rotatable bonds is 9. The number of amides is 1. The van der Waals surface area contributed by atoms with Crippen molar-refractivity contribution in [2.24, 2.45) is 5.10 Å². The van der Waals surface area contributed by atoms with E-state index in [1.54, 1.807) is 31.2 Å². The molecular formula is C26H25FN2O5. The molecule has 7 nitrogen and oxygen atoms in total. The van der Waals surface area contributed by atoms with Gasteiger partial charge in [-0.05, 0) is 92.1 Å². The summed E-state index contributed by atoms with van der Waals surface area (Å²) in [5.41, 5.74) is 5.44. The van der Waals surface area contributed by atoms with E-state index in [0.29, 0.717) is 23.7 Å². The molecule has 3 aromatic carbocycles. The summed E-state index contributed by atoms with van der Waals surface area (Å²) >= 11 is 0. The molecule has 176 valence electrons. The van der Waals surface area contributed by atoms with Crippen molar-refractivity contribution < 1.29 is 28.2 Å². The average molecular weight is 464 g/mol. The van der Waals surface area contributed by atoms with Crippen LogP contribution in [0.5, 0.6) is 17.2 Å². The third kappa shape index (κ3) is 6.90. The van der Waals surface area contributed by atoms with Gasteiger partial charge in [0.1, 0.15) is 11.6 Å². The number of esters is 1. The Kier molecular flexibility index (Phi) is 8.34. The number of benzene rings is 3. The predicted molar refractivity (Wildman–Crippen MR) is 126 cm³/mol. The molecule has 3 rings (SSSR count). The van der Waals surface area contributed by atoms with Crippen LogP contribution < -0.4 is 19.6 Å². The first-order valence-electron chi connectivity index (χ1n) is 10.6. The van der Waals surface area contributed by atoms with Gasteiger partial charge in [0.25, 0.3) is 5.91 Å². The van der Waals surface area contributed by atoms with E-state index in [2.05, 4.69) is 10.5 Å². The standard InChI is InChI=1S/C26H25FN2O5/c1-4-32-24-14-19(6-12-23(24)34-26(31)20-7-9-21(27)10-8-20)15-28-29-25(30)16-33-22-11-5-17(2)18(3)13-22/h5-15H,4,16H2,1-3H3,(H,29,30). The fourth-order valence-electron chi connectivity index (χ4n) is 2.87. The minimum atomic E-state index is -0.640. The van der Waals surface area contributed by atoms with Crippen molar-refractivity contribution in [3.63, 3.8) is 0 Å². The van der Waals surface area contributed by atoms with Gasteiger partial charge in [-0.25, -0.2) is 14.6 Å². The number of nitrogens with one attached hydrogen (secondary N) is 1. The lowest BCUT2D eigenvalue weighted by molar-refractivity contribution is -0.123. The minimum absolute atomic E-state index is 0.178. The zero-order chi connectivity index (χ0) is 24.5. The van der Waals surface area contributed by atoms with Gasteiger partial charge in [-0.1, -0.05) is 6.07 Å². The summed E-state index contributed by atoms with van der Waals surface area (Å²) < 4.78 is 29.5. The number of halogens is 1. The van der Waals surface area contributed by atoms with E-state index in [1.807, 2.05) is 26.0 Å². The van der Waals surface area contributed by atoms with E-state index in [9.17, 15) is 14.0 Å². The molecule has 0 unspecified atom stereocenters. The molecule has 3 aromatic rings. The van der Waals surface area contributed by atoms with Gasteiger partial charge < -0.3 is 14.2 Å². The Morgan fingerprint density at radius 2 is 1.71 bits per heavy atom. The number of hydrogen-bond donors (Lipinski definition) is 1. The maximum Gasteiger partial charge on any atom is 0.343 e. The van der Waals surface area contributed by atoms with Crippen LogP contribution in [-0.4, -0.2) is 31.3 Å². The number of nitrogens with zero attached hydrogens (tertiary/aromatic N) is 1. The molecule has 0 aliphatic carbocycles. The molecular weight excluding hydrogens is 439 g/mol. The number of carbonyl (C=O) groups is 2. The summed E-state index contributed by atoms with van der Waals surface area (Å²) in [5, 5.41) is 3.93. The number of ether oxygens (including phenoxy) is 3. The van der Waals surface area contributed by atoms with E-state index >= 15 is 0 Å². The fraction of sp³-hybridized carbons (Fsp3) is 0.192. The third-order valence-corrected chi connectivity index (χ3v) is 4.80. The second-order valence-corrected chi connectivity index (χ2v) is 7.36. The Hall–Kier alpha value is -4.20. The molecule has 0 saturated heterocycles. The van der Waals surface area contributed by atoms with Gasteiger partial charge in [-0.2, -0.15) is 5.10 Å². The Balaban J connectivity index is 1.59. The highest BCUT2D eigenvalue weighted by molar-refractivity contribution is 5.91. The lowest BCUT2D eigenvalue weighted by Crippen LogP contribution is -2.24. The van der Waals surface area contributed by atoms with Crippen LogP contribution in [0.15, 0.2) is 65.8 Å². The number of carbonyl (C=O) groups excluding carboxylic acids is 2. The zero-order valence-corrected chi connectivity index (χ0v) is 19.1. The van der Waals surface area contributed by atoms with Crippen LogP contribution >= 0.6 is 0 Å². The Morgan fingerprint density at radius 1 is 0.941 bits per heavy atom. The summed E-state index contributed by atoms with van der Waals surface area (Å²) in [6.07, 6.45) is 1.43. The maximum absolute atomic E-state index is 13.1. The first kappa shape index (κ1) is 24.4. The van der Waals surface area contributed by atoms with Gasteiger partial charge in [0, 0.05) is 0 Å². The smallest absolute Gasteiger partial charge is 0.343 e. The van der Waals surface area contributed by atoms with Gasteiger partial charge in [-0.15, -0.1) is 0 Å². The van der Waals surface area contributed by atoms with Crippen LogP contribution in [0.3, 0.4) is 0 Å². The predicted octanol–water partition coefficient (Wildman–Crippen LogP) is 4.59. The summed E-state index contributed by atoms with van der Waals surface area (Å²) in [4.78, 5) is 24.3. The van der Waals surface area contributed by atoms with Crippen LogP contribution in [0.2, 0.25) is 0 Å². The molecule has 8 heteroatoms. The van der Waals surface area contributed by atoms with E-state index in [4.69, 9.17) is 14.2 Å². The molecule has 0 fully saturated rings. The molecule has 0 radical (unpaired) electrons. The van der Waals surface area contributed by atoms with Crippen molar-refractivity contribution in [3.8, 4) is 17.2 Å². The van der Waals surface area contributed by atoms with E-state index < -0.39 is 17.7 Å². The first-order valence-corrected chi connectivity index (χ1v) is 10.6.